The number of methoxy groups -OCH3 is 1. The number of benzene rings is 1. The van der Waals surface area contributed by atoms with Crippen LogP contribution in [-0.2, 0) is 14.9 Å². The molecule has 1 amide bonds. The summed E-state index contributed by atoms with van der Waals surface area (Å²) in [7, 11) is 1.70. The van der Waals surface area contributed by atoms with Crippen LogP contribution in [0.15, 0.2) is 18.2 Å². The molecule has 23 heavy (non-hydrogen) atoms. The van der Waals surface area contributed by atoms with Gasteiger partial charge in [-0.2, -0.15) is 0 Å². The van der Waals surface area contributed by atoms with Gasteiger partial charge in [0.25, 0.3) is 0 Å². The molecule has 2 aliphatic heterocycles. The van der Waals surface area contributed by atoms with Crippen LogP contribution in [0.4, 0.5) is 0 Å². The van der Waals surface area contributed by atoms with Crippen LogP contribution in [0.5, 0.6) is 0 Å². The molecule has 0 aromatic heterocycles. The Kier molecular flexibility index (Phi) is 3.02. The summed E-state index contributed by atoms with van der Waals surface area (Å²) in [6.07, 6.45) is 3.20. The summed E-state index contributed by atoms with van der Waals surface area (Å²) in [6, 6.07) is 6.21. The van der Waals surface area contributed by atoms with Gasteiger partial charge in [0.15, 0.2) is 0 Å². The van der Waals surface area contributed by atoms with Crippen molar-refractivity contribution in [3.8, 4) is 0 Å². The van der Waals surface area contributed by atoms with Crippen molar-refractivity contribution in [3.05, 3.63) is 34.9 Å². The van der Waals surface area contributed by atoms with E-state index in [1.807, 2.05) is 13.8 Å². The number of hydrogen-bond acceptors (Lipinski definition) is 3. The fraction of sp³-hybridized carbons (Fsp3) is 0.632. The minimum Gasteiger partial charge on any atom is -0.386 e. The van der Waals surface area contributed by atoms with E-state index >= 15 is 0 Å². The lowest BCUT2D eigenvalue weighted by atomic mass is 9.42. The third kappa shape index (κ3) is 1.61. The summed E-state index contributed by atoms with van der Waals surface area (Å²) in [6.45, 7) is 4.72. The third-order valence-corrected chi connectivity index (χ3v) is 6.62. The van der Waals surface area contributed by atoms with Crippen molar-refractivity contribution >= 4 is 5.91 Å². The van der Waals surface area contributed by atoms with E-state index in [0.29, 0.717) is 18.9 Å². The molecule has 2 saturated carbocycles. The number of aryl methyl sites for hydroxylation is 2. The van der Waals surface area contributed by atoms with E-state index in [9.17, 15) is 9.90 Å². The van der Waals surface area contributed by atoms with Crippen molar-refractivity contribution in [3.63, 3.8) is 0 Å². The summed E-state index contributed by atoms with van der Waals surface area (Å²) in [5.41, 5.74) is 1.02. The Balaban J connectivity index is 1.82. The number of carbonyl (C=O) groups excluding carboxylic acids is 1. The maximum absolute atomic E-state index is 12.9. The van der Waals surface area contributed by atoms with Crippen molar-refractivity contribution in [1.82, 2.24) is 5.32 Å². The van der Waals surface area contributed by atoms with Gasteiger partial charge in [-0.15, -0.1) is 0 Å². The van der Waals surface area contributed by atoms with E-state index in [0.717, 1.165) is 36.0 Å². The Morgan fingerprint density at radius 1 is 1.39 bits per heavy atom. The zero-order chi connectivity index (χ0) is 16.5. The molecule has 2 saturated heterocycles. The van der Waals surface area contributed by atoms with Crippen molar-refractivity contribution < 1.29 is 14.6 Å². The van der Waals surface area contributed by atoms with Crippen LogP contribution in [0.25, 0.3) is 0 Å². The van der Waals surface area contributed by atoms with Crippen LogP contribution in [-0.4, -0.2) is 35.9 Å². The Labute approximate surface area is 137 Å². The largest absolute Gasteiger partial charge is 0.386 e. The lowest BCUT2D eigenvalue weighted by Crippen LogP contribution is -2.76. The predicted molar refractivity (Wildman–Crippen MR) is 87.3 cm³/mol. The number of fused-ring (bicyclic) bond motifs is 1. The van der Waals surface area contributed by atoms with Gasteiger partial charge in [-0.3, -0.25) is 4.79 Å². The molecule has 5 rings (SSSR count). The van der Waals surface area contributed by atoms with Crippen LogP contribution in [0, 0.1) is 19.8 Å². The summed E-state index contributed by atoms with van der Waals surface area (Å²) in [5, 5.41) is 14.8. The number of hydrogen-bond donors (Lipinski definition) is 2. The smallest absolute Gasteiger partial charge is 0.234 e. The molecule has 1 aromatic rings. The van der Waals surface area contributed by atoms with Crippen LogP contribution >= 0.6 is 0 Å². The predicted octanol–water partition coefficient (Wildman–Crippen LogP) is 1.99. The highest BCUT2D eigenvalue weighted by Crippen LogP contribution is 2.69. The molecule has 2 N–H and O–H groups in total. The van der Waals surface area contributed by atoms with Gasteiger partial charge in [-0.25, -0.2) is 0 Å². The lowest BCUT2D eigenvalue weighted by Gasteiger charge is -2.63. The van der Waals surface area contributed by atoms with Crippen molar-refractivity contribution in [1.29, 1.82) is 0 Å². The molecule has 1 aromatic carbocycles. The van der Waals surface area contributed by atoms with Gasteiger partial charge < -0.3 is 15.2 Å². The monoisotopic (exact) mass is 315 g/mol. The number of rotatable bonds is 3. The first-order chi connectivity index (χ1) is 10.9. The van der Waals surface area contributed by atoms with Crippen molar-refractivity contribution in [2.24, 2.45) is 5.92 Å². The Bertz CT molecular complexity index is 687. The summed E-state index contributed by atoms with van der Waals surface area (Å²) in [5.74, 6) is 0.322. The minimum absolute atomic E-state index is 0.00627. The lowest BCUT2D eigenvalue weighted by molar-refractivity contribution is -0.190. The number of carbonyl (C=O) groups is 1. The van der Waals surface area contributed by atoms with Gasteiger partial charge in [-0.05, 0) is 56.6 Å². The molecular weight excluding hydrogens is 290 g/mol. The second kappa shape index (κ2) is 4.58. The average Bonchev–Trinajstić information content (AvgIpc) is 2.91. The first kappa shape index (κ1) is 15.2. The molecule has 4 atom stereocenters. The van der Waals surface area contributed by atoms with Gasteiger partial charge in [0.2, 0.25) is 5.91 Å². The van der Waals surface area contributed by atoms with Gasteiger partial charge in [0.05, 0.1) is 5.54 Å². The second-order valence-electron chi connectivity index (χ2n) is 7.86. The van der Waals surface area contributed by atoms with Gasteiger partial charge in [-0.1, -0.05) is 23.8 Å². The highest BCUT2D eigenvalue weighted by Gasteiger charge is 2.83. The maximum Gasteiger partial charge on any atom is 0.234 e. The molecular formula is C19H25NO3. The molecule has 2 aliphatic carbocycles. The fourth-order valence-electron chi connectivity index (χ4n) is 5.50. The summed E-state index contributed by atoms with van der Waals surface area (Å²) in [4.78, 5) is 12.9. The summed E-state index contributed by atoms with van der Waals surface area (Å²) < 4.78 is 5.31. The molecule has 4 aliphatic rings. The third-order valence-electron chi connectivity index (χ3n) is 6.62. The Hall–Kier alpha value is -1.39. The van der Waals surface area contributed by atoms with Crippen molar-refractivity contribution in [2.45, 2.75) is 56.1 Å². The highest BCUT2D eigenvalue weighted by molar-refractivity contribution is 5.99. The van der Waals surface area contributed by atoms with Crippen molar-refractivity contribution in [2.75, 3.05) is 13.7 Å². The van der Waals surface area contributed by atoms with Gasteiger partial charge in [0.1, 0.15) is 11.0 Å². The molecule has 4 unspecified atom stereocenters. The number of ether oxygens (including phenoxy) is 1. The number of amides is 1. The zero-order valence-electron chi connectivity index (χ0n) is 14.1. The molecule has 0 radical (unpaired) electrons. The van der Waals surface area contributed by atoms with E-state index in [1.54, 1.807) is 7.11 Å². The van der Waals surface area contributed by atoms with E-state index in [4.69, 9.17) is 4.74 Å². The van der Waals surface area contributed by atoms with E-state index in [2.05, 4.69) is 23.5 Å². The van der Waals surface area contributed by atoms with Crippen LogP contribution in [0.3, 0.4) is 0 Å². The van der Waals surface area contributed by atoms with Crippen LogP contribution < -0.4 is 5.32 Å². The Morgan fingerprint density at radius 2 is 2.17 bits per heavy atom. The Morgan fingerprint density at radius 3 is 2.91 bits per heavy atom. The van der Waals surface area contributed by atoms with Gasteiger partial charge in [0, 0.05) is 13.7 Å². The molecule has 2 bridgehead atoms. The van der Waals surface area contributed by atoms with Crippen LogP contribution in [0.1, 0.15) is 42.4 Å². The standard InChI is InChI=1S/C19H25NO3/c1-12-4-5-13(2)15(8-12)18-11-17(20-16(18)21)7-6-14(10-23-3)9-19(17,18)22/h4-5,8,14,22H,6-7,9-11H2,1-3H3,(H,20,21). The molecule has 4 fully saturated rings. The highest BCUT2D eigenvalue weighted by atomic mass is 16.5. The van der Waals surface area contributed by atoms with Gasteiger partial charge >= 0.3 is 0 Å². The normalized spacial score (nSPS) is 41.2. The molecule has 4 nitrogen and oxygen atoms in total. The fourth-order valence-corrected chi connectivity index (χ4v) is 5.50. The average molecular weight is 315 g/mol. The topological polar surface area (TPSA) is 58.6 Å². The summed E-state index contributed by atoms with van der Waals surface area (Å²) >= 11 is 0. The quantitative estimate of drug-likeness (QED) is 0.897. The minimum atomic E-state index is -0.989. The molecule has 124 valence electrons. The number of aliphatic hydroxyl groups is 1. The SMILES string of the molecule is COCC1CCC23CC(c4cc(C)ccc4C)(C(=O)N2)C3(O)C1. The zero-order valence-corrected chi connectivity index (χ0v) is 14.1. The molecule has 2 heterocycles. The molecule has 1 spiro atoms. The van der Waals surface area contributed by atoms with E-state index < -0.39 is 16.6 Å². The first-order valence-corrected chi connectivity index (χ1v) is 8.50. The maximum atomic E-state index is 12.9. The van der Waals surface area contributed by atoms with E-state index in [-0.39, 0.29) is 5.91 Å². The number of nitrogens with one attached hydrogen (secondary N) is 1. The van der Waals surface area contributed by atoms with E-state index in [1.165, 1.54) is 0 Å². The second-order valence-corrected chi connectivity index (χ2v) is 7.86. The van der Waals surface area contributed by atoms with Crippen LogP contribution in [0.2, 0.25) is 0 Å². The first-order valence-electron chi connectivity index (χ1n) is 8.50. The molecule has 4 heteroatoms.